The van der Waals surface area contributed by atoms with Crippen LogP contribution in [0.3, 0.4) is 0 Å². The first-order valence-corrected chi connectivity index (χ1v) is 7.67. The van der Waals surface area contributed by atoms with E-state index in [1.54, 1.807) is 12.1 Å². The van der Waals surface area contributed by atoms with Crippen molar-refractivity contribution in [1.29, 1.82) is 0 Å². The molecule has 0 aromatic heterocycles. The van der Waals surface area contributed by atoms with Crippen LogP contribution in [-0.4, -0.2) is 31.3 Å². The van der Waals surface area contributed by atoms with E-state index < -0.39 is 18.0 Å². The van der Waals surface area contributed by atoms with Crippen LogP contribution >= 0.6 is 15.9 Å². The zero-order valence-corrected chi connectivity index (χ0v) is 14.5. The van der Waals surface area contributed by atoms with Gasteiger partial charge in [0.1, 0.15) is 0 Å². The highest BCUT2D eigenvalue weighted by Crippen LogP contribution is 2.40. The van der Waals surface area contributed by atoms with Gasteiger partial charge < -0.3 is 25.2 Å². The molecule has 0 fully saturated rings. The summed E-state index contributed by atoms with van der Waals surface area (Å²) < 4.78 is 10.6. The number of carbonyl (C=O) groups excluding carboxylic acids is 2. The molecule has 1 aromatic rings. The van der Waals surface area contributed by atoms with Gasteiger partial charge in [-0.25, -0.2) is 9.59 Å². The second-order valence-electron chi connectivity index (χ2n) is 4.81. The van der Waals surface area contributed by atoms with Crippen LogP contribution in [-0.2, 0) is 9.53 Å². The van der Waals surface area contributed by atoms with Gasteiger partial charge in [-0.1, -0.05) is 22.9 Å². The van der Waals surface area contributed by atoms with Crippen molar-refractivity contribution < 1.29 is 24.2 Å². The number of aromatic hydroxyl groups is 1. The van der Waals surface area contributed by atoms with Gasteiger partial charge in [0.05, 0.1) is 25.8 Å². The molecule has 2 amide bonds. The summed E-state index contributed by atoms with van der Waals surface area (Å²) in [6, 6.07) is 1.89. The Bertz CT molecular complexity index is 687. The van der Waals surface area contributed by atoms with Crippen molar-refractivity contribution in [3.8, 4) is 11.5 Å². The van der Waals surface area contributed by atoms with Crippen LogP contribution in [0.5, 0.6) is 11.5 Å². The molecule has 0 spiro atoms. The lowest BCUT2D eigenvalue weighted by atomic mass is 9.93. The Kier molecular flexibility index (Phi) is 5.15. The summed E-state index contributed by atoms with van der Waals surface area (Å²) in [6.07, 6.45) is 0.431. The number of hydrogen-bond donors (Lipinski definition) is 3. The molecule has 3 N–H and O–H groups in total. The van der Waals surface area contributed by atoms with Crippen molar-refractivity contribution in [2.24, 2.45) is 0 Å². The van der Waals surface area contributed by atoms with E-state index in [1.165, 1.54) is 14.2 Å². The van der Waals surface area contributed by atoms with Gasteiger partial charge in [0.15, 0.2) is 11.5 Å². The predicted octanol–water partition coefficient (Wildman–Crippen LogP) is 2.35. The van der Waals surface area contributed by atoms with Crippen molar-refractivity contribution in [2.45, 2.75) is 19.4 Å². The normalized spacial score (nSPS) is 17.4. The van der Waals surface area contributed by atoms with Crippen LogP contribution in [0.2, 0.25) is 0 Å². The standard InChI is InChI=1S/C15H17BrN2O5/c1-4-9-11(14(20)23-3)12(18-15(21)17-9)8-5-7(16)6-10(22-2)13(8)19/h5-6,12,19H,4H2,1-3H3,(H2,17,18,21). The van der Waals surface area contributed by atoms with Crippen LogP contribution in [0.15, 0.2) is 27.9 Å². The van der Waals surface area contributed by atoms with E-state index in [4.69, 9.17) is 9.47 Å². The molecule has 0 saturated heterocycles. The third-order valence-electron chi connectivity index (χ3n) is 3.51. The number of esters is 1. The first kappa shape index (κ1) is 17.1. The third kappa shape index (κ3) is 3.26. The Morgan fingerprint density at radius 1 is 1.39 bits per heavy atom. The molecule has 7 nitrogen and oxygen atoms in total. The SMILES string of the molecule is CCC1=C(C(=O)OC)C(c2cc(Br)cc(OC)c2O)NC(=O)N1. The monoisotopic (exact) mass is 384 g/mol. The summed E-state index contributed by atoms with van der Waals surface area (Å²) in [6.45, 7) is 1.81. The number of allylic oxidation sites excluding steroid dienone is 1. The minimum atomic E-state index is -0.849. The summed E-state index contributed by atoms with van der Waals surface area (Å²) >= 11 is 3.32. The molecule has 2 rings (SSSR count). The smallest absolute Gasteiger partial charge is 0.337 e. The second kappa shape index (κ2) is 6.91. The van der Waals surface area contributed by atoms with Crippen LogP contribution in [0, 0.1) is 0 Å². The van der Waals surface area contributed by atoms with Crippen molar-refractivity contribution in [3.63, 3.8) is 0 Å². The number of urea groups is 1. The van der Waals surface area contributed by atoms with Crippen molar-refractivity contribution in [2.75, 3.05) is 14.2 Å². The van der Waals surface area contributed by atoms with E-state index in [9.17, 15) is 14.7 Å². The maximum atomic E-state index is 12.2. The number of benzene rings is 1. The lowest BCUT2D eigenvalue weighted by Crippen LogP contribution is -2.45. The summed E-state index contributed by atoms with van der Waals surface area (Å²) in [5.41, 5.74) is 1.02. The highest BCUT2D eigenvalue weighted by Gasteiger charge is 2.35. The first-order valence-electron chi connectivity index (χ1n) is 6.88. The molecule has 1 aromatic carbocycles. The molecular weight excluding hydrogens is 368 g/mol. The van der Waals surface area contributed by atoms with Gasteiger partial charge in [0.25, 0.3) is 0 Å². The zero-order chi connectivity index (χ0) is 17.1. The van der Waals surface area contributed by atoms with Crippen LogP contribution in [0.25, 0.3) is 0 Å². The van der Waals surface area contributed by atoms with E-state index >= 15 is 0 Å². The molecule has 1 aliphatic heterocycles. The number of hydrogen-bond acceptors (Lipinski definition) is 5. The van der Waals surface area contributed by atoms with E-state index in [2.05, 4.69) is 26.6 Å². The molecule has 0 radical (unpaired) electrons. The molecule has 1 aliphatic rings. The topological polar surface area (TPSA) is 96.9 Å². The molecule has 1 unspecified atom stereocenters. The Hall–Kier alpha value is -2.22. The fourth-order valence-electron chi connectivity index (χ4n) is 2.45. The number of ether oxygens (including phenoxy) is 2. The van der Waals surface area contributed by atoms with Crippen LogP contribution in [0.4, 0.5) is 4.79 Å². The van der Waals surface area contributed by atoms with Crippen molar-refractivity contribution in [1.82, 2.24) is 10.6 Å². The van der Waals surface area contributed by atoms with E-state index in [0.29, 0.717) is 22.2 Å². The van der Waals surface area contributed by atoms with Gasteiger partial charge in [-0.3, -0.25) is 0 Å². The highest BCUT2D eigenvalue weighted by molar-refractivity contribution is 9.10. The molecule has 124 valence electrons. The molecule has 0 bridgehead atoms. The molecule has 1 atom stereocenters. The van der Waals surface area contributed by atoms with Gasteiger partial charge in [-0.15, -0.1) is 0 Å². The maximum absolute atomic E-state index is 12.2. The molecule has 23 heavy (non-hydrogen) atoms. The average molecular weight is 385 g/mol. The number of amides is 2. The number of nitrogens with one attached hydrogen (secondary N) is 2. The van der Waals surface area contributed by atoms with Gasteiger partial charge >= 0.3 is 12.0 Å². The number of phenolic OH excluding ortho intramolecular Hbond substituents is 1. The fourth-order valence-corrected chi connectivity index (χ4v) is 2.91. The number of methoxy groups -OCH3 is 2. The summed E-state index contributed by atoms with van der Waals surface area (Å²) in [5, 5.41) is 15.6. The Balaban J connectivity index is 2.66. The fraction of sp³-hybridized carbons (Fsp3) is 0.333. The van der Waals surface area contributed by atoms with E-state index in [0.717, 1.165) is 0 Å². The summed E-state index contributed by atoms with van der Waals surface area (Å²) in [7, 11) is 2.68. The quantitative estimate of drug-likeness (QED) is 0.692. The van der Waals surface area contributed by atoms with Gasteiger partial charge in [0, 0.05) is 15.7 Å². The average Bonchev–Trinajstić information content (AvgIpc) is 2.54. The lowest BCUT2D eigenvalue weighted by Gasteiger charge is -2.29. The number of phenols is 1. The molecule has 0 saturated carbocycles. The molecule has 0 aliphatic carbocycles. The first-order chi connectivity index (χ1) is 10.9. The lowest BCUT2D eigenvalue weighted by molar-refractivity contribution is -0.136. The second-order valence-corrected chi connectivity index (χ2v) is 5.73. The zero-order valence-electron chi connectivity index (χ0n) is 12.9. The molecule has 8 heteroatoms. The van der Waals surface area contributed by atoms with E-state index in [-0.39, 0.29) is 17.1 Å². The minimum absolute atomic E-state index is 0.153. The Labute approximate surface area is 141 Å². The number of carbonyl (C=O) groups is 2. The number of rotatable bonds is 4. The minimum Gasteiger partial charge on any atom is -0.504 e. The molecule has 1 heterocycles. The van der Waals surface area contributed by atoms with Crippen LogP contribution < -0.4 is 15.4 Å². The van der Waals surface area contributed by atoms with Gasteiger partial charge in [-0.2, -0.15) is 0 Å². The van der Waals surface area contributed by atoms with Gasteiger partial charge in [-0.05, 0) is 18.6 Å². The Morgan fingerprint density at radius 2 is 2.09 bits per heavy atom. The third-order valence-corrected chi connectivity index (χ3v) is 3.97. The predicted molar refractivity (Wildman–Crippen MR) is 86.1 cm³/mol. The highest BCUT2D eigenvalue weighted by atomic mass is 79.9. The largest absolute Gasteiger partial charge is 0.504 e. The summed E-state index contributed by atoms with van der Waals surface area (Å²) in [5.74, 6) is -0.512. The van der Waals surface area contributed by atoms with Crippen molar-refractivity contribution in [3.05, 3.63) is 33.4 Å². The van der Waals surface area contributed by atoms with Crippen molar-refractivity contribution >= 4 is 27.9 Å². The van der Waals surface area contributed by atoms with Crippen LogP contribution in [0.1, 0.15) is 24.9 Å². The molecular formula is C15H17BrN2O5. The van der Waals surface area contributed by atoms with E-state index in [1.807, 2.05) is 6.92 Å². The van der Waals surface area contributed by atoms with Gasteiger partial charge in [0.2, 0.25) is 0 Å². The number of halogens is 1. The summed E-state index contributed by atoms with van der Waals surface area (Å²) in [4.78, 5) is 24.1. The maximum Gasteiger partial charge on any atom is 0.337 e. The Morgan fingerprint density at radius 3 is 2.65 bits per heavy atom.